The van der Waals surface area contributed by atoms with Crippen LogP contribution in [-0.4, -0.2) is 48.3 Å². The van der Waals surface area contributed by atoms with Crippen molar-refractivity contribution < 1.29 is 32.3 Å². The number of carbonyl (C=O) groups excluding carboxylic acids is 4. The summed E-state index contributed by atoms with van der Waals surface area (Å²) in [5, 5.41) is 13.5. The molecule has 2 aromatic carbocycles. The van der Waals surface area contributed by atoms with Gasteiger partial charge < -0.3 is 26.6 Å². The number of anilines is 1. The summed E-state index contributed by atoms with van der Waals surface area (Å²) in [6.45, 7) is 9.33. The summed E-state index contributed by atoms with van der Waals surface area (Å²) in [4.78, 5) is 51.4. The van der Waals surface area contributed by atoms with Crippen molar-refractivity contribution in [1.29, 1.82) is 0 Å². The first-order chi connectivity index (χ1) is 21.0. The molecule has 1 aliphatic carbocycles. The molecule has 0 aromatic heterocycles. The largest absolute Gasteiger partial charge is 0.416 e. The molecule has 45 heavy (non-hydrogen) atoms. The van der Waals surface area contributed by atoms with Crippen LogP contribution in [0.25, 0.3) is 0 Å². The summed E-state index contributed by atoms with van der Waals surface area (Å²) >= 11 is 0. The SMILES string of the molecule is Cc1ccc(CNC[C@H](NC(=O)CNC(=O)c2cc(NC(=O)C3CCCCC3)cc(C(F)(F)F)c2)C(=O)NC(C)(C)C)c(C)c1. The number of hydrogen-bond acceptors (Lipinski definition) is 5. The van der Waals surface area contributed by atoms with Gasteiger partial charge in [0.05, 0.1) is 12.1 Å². The number of benzene rings is 2. The van der Waals surface area contributed by atoms with Crippen LogP contribution in [0.2, 0.25) is 0 Å². The number of rotatable bonds is 11. The standard InChI is InChI=1S/C33H44F3N5O4/c1-20-11-12-23(21(2)13-20)17-37-18-27(31(45)41-32(3,4)5)40-28(42)19-38-29(43)24-14-25(33(34,35)36)16-26(15-24)39-30(44)22-9-7-6-8-10-22/h11-16,22,27,37H,6-10,17-19H2,1-5H3,(H,38,43)(H,39,44)(H,40,42)(H,41,45)/t27-/m0/s1. The van der Waals surface area contributed by atoms with Crippen molar-refractivity contribution in [1.82, 2.24) is 21.3 Å². The van der Waals surface area contributed by atoms with Gasteiger partial charge in [-0.15, -0.1) is 0 Å². The summed E-state index contributed by atoms with van der Waals surface area (Å²) in [6.07, 6.45) is -0.700. The second kappa shape index (κ2) is 15.4. The van der Waals surface area contributed by atoms with E-state index in [1.54, 1.807) is 20.8 Å². The fraction of sp³-hybridized carbons (Fsp3) is 0.515. The third kappa shape index (κ3) is 11.5. The Morgan fingerprint density at radius 2 is 1.62 bits per heavy atom. The average molecular weight is 632 g/mol. The lowest BCUT2D eigenvalue weighted by atomic mass is 9.88. The van der Waals surface area contributed by atoms with E-state index in [4.69, 9.17) is 0 Å². The normalized spacial score (nSPS) is 14.8. The monoisotopic (exact) mass is 631 g/mol. The van der Waals surface area contributed by atoms with E-state index in [9.17, 15) is 32.3 Å². The van der Waals surface area contributed by atoms with Crippen LogP contribution < -0.4 is 26.6 Å². The van der Waals surface area contributed by atoms with Crippen molar-refractivity contribution in [3.63, 3.8) is 0 Å². The van der Waals surface area contributed by atoms with E-state index >= 15 is 0 Å². The molecule has 0 saturated heterocycles. The number of amides is 4. The number of halogens is 3. The highest BCUT2D eigenvalue weighted by molar-refractivity contribution is 5.99. The van der Waals surface area contributed by atoms with Gasteiger partial charge in [-0.1, -0.05) is 43.0 Å². The maximum atomic E-state index is 13.7. The van der Waals surface area contributed by atoms with E-state index in [1.165, 1.54) is 0 Å². The Labute approximate surface area is 262 Å². The van der Waals surface area contributed by atoms with Gasteiger partial charge in [-0.25, -0.2) is 0 Å². The molecule has 0 unspecified atom stereocenters. The minimum atomic E-state index is -4.77. The van der Waals surface area contributed by atoms with Crippen LogP contribution in [0.15, 0.2) is 36.4 Å². The maximum Gasteiger partial charge on any atom is 0.416 e. The Kier molecular flexibility index (Phi) is 12.1. The Morgan fingerprint density at radius 1 is 0.933 bits per heavy atom. The second-order valence-electron chi connectivity index (χ2n) is 12.7. The third-order valence-corrected chi connectivity index (χ3v) is 7.49. The molecule has 1 aliphatic rings. The molecule has 1 saturated carbocycles. The van der Waals surface area contributed by atoms with Crippen molar-refractivity contribution in [3.05, 3.63) is 64.2 Å². The molecule has 1 atom stereocenters. The maximum absolute atomic E-state index is 13.7. The van der Waals surface area contributed by atoms with Crippen LogP contribution >= 0.6 is 0 Å². The van der Waals surface area contributed by atoms with Crippen molar-refractivity contribution in [2.75, 3.05) is 18.4 Å². The summed E-state index contributed by atoms with van der Waals surface area (Å²) < 4.78 is 41.0. The minimum Gasteiger partial charge on any atom is -0.350 e. The Hall–Kier alpha value is -3.93. The van der Waals surface area contributed by atoms with Crippen molar-refractivity contribution >= 4 is 29.3 Å². The van der Waals surface area contributed by atoms with Crippen molar-refractivity contribution in [3.8, 4) is 0 Å². The van der Waals surface area contributed by atoms with Gasteiger partial charge in [-0.3, -0.25) is 19.2 Å². The summed E-state index contributed by atoms with van der Waals surface area (Å²) in [5.74, 6) is -2.76. The molecule has 12 heteroatoms. The van der Waals surface area contributed by atoms with E-state index in [1.807, 2.05) is 32.0 Å². The van der Waals surface area contributed by atoms with Crippen LogP contribution in [0, 0.1) is 19.8 Å². The predicted octanol–water partition coefficient (Wildman–Crippen LogP) is 4.76. The fourth-order valence-corrected chi connectivity index (χ4v) is 5.17. The van der Waals surface area contributed by atoms with Crippen molar-refractivity contribution in [2.45, 2.75) is 91.0 Å². The van der Waals surface area contributed by atoms with Gasteiger partial charge >= 0.3 is 6.18 Å². The summed E-state index contributed by atoms with van der Waals surface area (Å²) in [6, 6.07) is 7.62. The molecule has 2 aromatic rings. The smallest absolute Gasteiger partial charge is 0.350 e. The zero-order valence-electron chi connectivity index (χ0n) is 26.5. The molecule has 3 rings (SSSR count). The van der Waals surface area contributed by atoms with Gasteiger partial charge in [0.2, 0.25) is 17.7 Å². The van der Waals surface area contributed by atoms with E-state index in [0.717, 1.165) is 48.1 Å². The van der Waals surface area contributed by atoms with Gasteiger partial charge in [0.1, 0.15) is 6.04 Å². The summed E-state index contributed by atoms with van der Waals surface area (Å²) in [5.41, 5.74) is 1.04. The quantitative estimate of drug-likeness (QED) is 0.244. The van der Waals surface area contributed by atoms with Crippen LogP contribution in [0.5, 0.6) is 0 Å². The lowest BCUT2D eigenvalue weighted by Crippen LogP contribution is -2.56. The number of nitrogens with one attached hydrogen (secondary N) is 5. The number of alkyl halides is 3. The predicted molar refractivity (Wildman–Crippen MR) is 166 cm³/mol. The fourth-order valence-electron chi connectivity index (χ4n) is 5.17. The molecule has 0 radical (unpaired) electrons. The molecular weight excluding hydrogens is 587 g/mol. The number of carbonyl (C=O) groups is 4. The number of aryl methyl sites for hydroxylation is 2. The van der Waals surface area contributed by atoms with Gasteiger partial charge in [0, 0.05) is 35.8 Å². The van der Waals surface area contributed by atoms with Gasteiger partial charge in [0.25, 0.3) is 5.91 Å². The Balaban J connectivity index is 1.66. The molecule has 9 nitrogen and oxygen atoms in total. The third-order valence-electron chi connectivity index (χ3n) is 7.49. The topological polar surface area (TPSA) is 128 Å². The Morgan fingerprint density at radius 3 is 2.24 bits per heavy atom. The minimum absolute atomic E-state index is 0.0899. The van der Waals surface area contributed by atoms with Crippen LogP contribution in [0.1, 0.15) is 85.5 Å². The average Bonchev–Trinajstić information content (AvgIpc) is 2.95. The molecular formula is C33H44F3N5O4. The molecule has 0 heterocycles. The summed E-state index contributed by atoms with van der Waals surface area (Å²) in [7, 11) is 0. The molecule has 4 amide bonds. The van der Waals surface area contributed by atoms with Gasteiger partial charge in [-0.05, 0) is 76.8 Å². The molecule has 0 aliphatic heterocycles. The van der Waals surface area contributed by atoms with Crippen molar-refractivity contribution in [2.24, 2.45) is 5.92 Å². The van der Waals surface area contributed by atoms with E-state index in [0.29, 0.717) is 25.5 Å². The highest BCUT2D eigenvalue weighted by Crippen LogP contribution is 2.33. The first-order valence-electron chi connectivity index (χ1n) is 15.2. The van der Waals surface area contributed by atoms with Gasteiger partial charge in [0.15, 0.2) is 0 Å². The number of hydrogen-bond donors (Lipinski definition) is 5. The van der Waals surface area contributed by atoms with E-state index < -0.39 is 47.6 Å². The molecule has 5 N–H and O–H groups in total. The molecule has 1 fully saturated rings. The van der Waals surface area contributed by atoms with Crippen LogP contribution in [-0.2, 0) is 27.1 Å². The zero-order valence-corrected chi connectivity index (χ0v) is 26.5. The van der Waals surface area contributed by atoms with E-state index in [2.05, 4.69) is 26.6 Å². The van der Waals surface area contributed by atoms with Crippen LogP contribution in [0.3, 0.4) is 0 Å². The highest BCUT2D eigenvalue weighted by Gasteiger charge is 2.33. The zero-order chi connectivity index (χ0) is 33.4. The molecule has 246 valence electrons. The lowest BCUT2D eigenvalue weighted by Gasteiger charge is -2.26. The van der Waals surface area contributed by atoms with Crippen LogP contribution in [0.4, 0.5) is 18.9 Å². The highest BCUT2D eigenvalue weighted by atomic mass is 19.4. The van der Waals surface area contributed by atoms with E-state index in [-0.39, 0.29) is 29.6 Å². The molecule has 0 spiro atoms. The second-order valence-corrected chi connectivity index (χ2v) is 12.7. The first-order valence-corrected chi connectivity index (χ1v) is 15.2. The molecule has 0 bridgehead atoms. The lowest BCUT2D eigenvalue weighted by molar-refractivity contribution is -0.137. The first kappa shape index (κ1) is 35.5. The Bertz CT molecular complexity index is 1380. The van der Waals surface area contributed by atoms with Gasteiger partial charge in [-0.2, -0.15) is 13.2 Å².